The fourth-order valence-electron chi connectivity index (χ4n) is 2.79. The Kier molecular flexibility index (Phi) is 4.10. The molecule has 2 aliphatic rings. The second-order valence-corrected chi connectivity index (χ2v) is 6.48. The topological polar surface area (TPSA) is 71.2 Å². The fourth-order valence-corrected chi connectivity index (χ4v) is 3.61. The third kappa shape index (κ3) is 3.06. The molecule has 2 fully saturated rings. The van der Waals surface area contributed by atoms with E-state index in [-0.39, 0.29) is 5.91 Å². The van der Waals surface area contributed by atoms with E-state index in [2.05, 4.69) is 9.69 Å². The number of nitrogen functional groups attached to an aromatic ring is 1. The monoisotopic (exact) mass is 294 g/mol. The summed E-state index contributed by atoms with van der Waals surface area (Å²) in [4.78, 5) is 14.1. The van der Waals surface area contributed by atoms with Crippen molar-refractivity contribution >= 4 is 28.3 Å². The second kappa shape index (κ2) is 5.99. The van der Waals surface area contributed by atoms with Crippen molar-refractivity contribution in [3.63, 3.8) is 0 Å². The van der Waals surface area contributed by atoms with Crippen LogP contribution >= 0.6 is 11.5 Å². The van der Waals surface area contributed by atoms with Crippen LogP contribution < -0.4 is 11.1 Å². The molecule has 0 spiro atoms. The number of carbonyl (C=O) groups is 1. The number of aromatic nitrogens is 1. The molecule has 5 nitrogen and oxygen atoms in total. The van der Waals surface area contributed by atoms with Crippen LogP contribution in [0.2, 0.25) is 0 Å². The summed E-state index contributed by atoms with van der Waals surface area (Å²) >= 11 is 1.42. The highest BCUT2D eigenvalue weighted by Crippen LogP contribution is 2.47. The molecule has 3 N–H and O–H groups in total. The summed E-state index contributed by atoms with van der Waals surface area (Å²) in [6, 6.07) is 0. The van der Waals surface area contributed by atoms with Crippen LogP contribution in [0.25, 0.3) is 0 Å². The maximum Gasteiger partial charge on any atom is 0.224 e. The van der Waals surface area contributed by atoms with Crippen molar-refractivity contribution in [3.05, 3.63) is 5.56 Å². The van der Waals surface area contributed by atoms with E-state index < -0.39 is 0 Å². The fraction of sp³-hybridized carbons (Fsp3) is 0.714. The summed E-state index contributed by atoms with van der Waals surface area (Å²) in [6.07, 6.45) is 6.54. The number of amides is 1. The third-order valence-electron chi connectivity index (χ3n) is 4.07. The molecule has 1 aliphatic heterocycles. The number of likely N-dealkylation sites (tertiary alicyclic amines) is 1. The maximum absolute atomic E-state index is 12.1. The molecule has 20 heavy (non-hydrogen) atoms. The van der Waals surface area contributed by atoms with Gasteiger partial charge in [0.05, 0.1) is 0 Å². The smallest absolute Gasteiger partial charge is 0.224 e. The van der Waals surface area contributed by atoms with Crippen molar-refractivity contribution in [2.45, 2.75) is 44.4 Å². The summed E-state index contributed by atoms with van der Waals surface area (Å²) in [7, 11) is 0. The number of nitrogens with zero attached hydrogens (tertiary/aromatic N) is 2. The molecule has 0 unspecified atom stereocenters. The first-order chi connectivity index (χ1) is 9.75. The third-order valence-corrected chi connectivity index (χ3v) is 4.91. The number of hydrogen-bond donors (Lipinski definition) is 2. The van der Waals surface area contributed by atoms with Crippen LogP contribution in [-0.4, -0.2) is 34.8 Å². The van der Waals surface area contributed by atoms with Gasteiger partial charge >= 0.3 is 0 Å². The number of carbonyl (C=O) groups excluding carboxylic acids is 1. The van der Waals surface area contributed by atoms with E-state index in [0.29, 0.717) is 24.7 Å². The summed E-state index contributed by atoms with van der Waals surface area (Å²) in [6.45, 7) is 2.54. The minimum atomic E-state index is 0.266. The normalized spacial score (nSPS) is 19.1. The van der Waals surface area contributed by atoms with Gasteiger partial charge in [-0.25, -0.2) is 0 Å². The van der Waals surface area contributed by atoms with Crippen molar-refractivity contribution in [3.8, 4) is 0 Å². The van der Waals surface area contributed by atoms with Gasteiger partial charge in [0.2, 0.25) is 5.91 Å². The molecule has 0 atom stereocenters. The SMILES string of the molecule is Nc1nsc(NCCC(=O)N2CCCCC2)c1C1CC1. The Morgan fingerprint density at radius 3 is 2.80 bits per heavy atom. The molecule has 3 rings (SSSR count). The van der Waals surface area contributed by atoms with Crippen LogP contribution in [-0.2, 0) is 4.79 Å². The average Bonchev–Trinajstić information content (AvgIpc) is 3.24. The van der Waals surface area contributed by atoms with Crippen molar-refractivity contribution in [2.75, 3.05) is 30.7 Å². The highest BCUT2D eigenvalue weighted by atomic mass is 32.1. The van der Waals surface area contributed by atoms with Crippen LogP contribution in [0.4, 0.5) is 10.8 Å². The van der Waals surface area contributed by atoms with Gasteiger partial charge in [0, 0.05) is 31.6 Å². The van der Waals surface area contributed by atoms with Gasteiger partial charge in [-0.05, 0) is 49.6 Å². The molecule has 1 saturated carbocycles. The maximum atomic E-state index is 12.1. The van der Waals surface area contributed by atoms with Gasteiger partial charge in [0.1, 0.15) is 10.8 Å². The van der Waals surface area contributed by atoms with Crippen molar-refractivity contribution in [1.29, 1.82) is 0 Å². The Bertz CT molecular complexity index is 478. The Morgan fingerprint density at radius 2 is 2.10 bits per heavy atom. The van der Waals surface area contributed by atoms with Gasteiger partial charge in [0.25, 0.3) is 0 Å². The van der Waals surface area contributed by atoms with Crippen LogP contribution in [0, 0.1) is 0 Å². The standard InChI is InChI=1S/C14H22N4OS/c15-13-12(10-4-5-10)14(20-17-13)16-7-6-11(19)18-8-2-1-3-9-18/h10,16H,1-9H2,(H2,15,17). The molecule has 2 heterocycles. The number of rotatable bonds is 5. The second-order valence-electron chi connectivity index (χ2n) is 5.70. The number of hydrogen-bond acceptors (Lipinski definition) is 5. The van der Waals surface area contributed by atoms with Gasteiger partial charge in [-0.3, -0.25) is 4.79 Å². The molecule has 0 aromatic carbocycles. The molecule has 1 aliphatic carbocycles. The molecule has 1 aromatic rings. The molecule has 1 aromatic heterocycles. The van der Waals surface area contributed by atoms with E-state index in [9.17, 15) is 4.79 Å². The van der Waals surface area contributed by atoms with E-state index in [1.165, 1.54) is 36.4 Å². The molecule has 6 heteroatoms. The Hall–Kier alpha value is -1.30. The summed E-state index contributed by atoms with van der Waals surface area (Å²) in [5, 5.41) is 4.42. The van der Waals surface area contributed by atoms with E-state index in [0.717, 1.165) is 30.9 Å². The quantitative estimate of drug-likeness (QED) is 0.875. The predicted octanol–water partition coefficient (Wildman–Crippen LogP) is 2.42. The zero-order valence-corrected chi connectivity index (χ0v) is 12.5. The molecule has 0 bridgehead atoms. The number of anilines is 2. The minimum Gasteiger partial charge on any atom is -0.383 e. The molecular weight excluding hydrogens is 272 g/mol. The van der Waals surface area contributed by atoms with Crippen molar-refractivity contribution < 1.29 is 4.79 Å². The lowest BCUT2D eigenvalue weighted by atomic mass is 10.1. The molecule has 1 saturated heterocycles. The van der Waals surface area contributed by atoms with Gasteiger partial charge in [-0.1, -0.05) is 0 Å². The summed E-state index contributed by atoms with van der Waals surface area (Å²) in [5.41, 5.74) is 7.10. The average molecular weight is 294 g/mol. The lowest BCUT2D eigenvalue weighted by Gasteiger charge is -2.26. The Morgan fingerprint density at radius 1 is 1.35 bits per heavy atom. The summed E-state index contributed by atoms with van der Waals surface area (Å²) < 4.78 is 4.23. The predicted molar refractivity (Wildman–Crippen MR) is 82.0 cm³/mol. The van der Waals surface area contributed by atoms with Gasteiger partial charge in [-0.15, -0.1) is 0 Å². The van der Waals surface area contributed by atoms with Gasteiger partial charge < -0.3 is 16.0 Å². The van der Waals surface area contributed by atoms with Crippen LogP contribution in [0.1, 0.15) is 50.0 Å². The van der Waals surface area contributed by atoms with Crippen LogP contribution in [0.5, 0.6) is 0 Å². The van der Waals surface area contributed by atoms with Gasteiger partial charge in [0.15, 0.2) is 0 Å². The van der Waals surface area contributed by atoms with E-state index in [1.54, 1.807) is 0 Å². The Balaban J connectivity index is 1.48. The lowest BCUT2D eigenvalue weighted by molar-refractivity contribution is -0.131. The van der Waals surface area contributed by atoms with E-state index >= 15 is 0 Å². The zero-order valence-electron chi connectivity index (χ0n) is 11.7. The van der Waals surface area contributed by atoms with E-state index in [1.807, 2.05) is 4.90 Å². The van der Waals surface area contributed by atoms with E-state index in [4.69, 9.17) is 5.73 Å². The molecule has 110 valence electrons. The van der Waals surface area contributed by atoms with Crippen molar-refractivity contribution in [2.24, 2.45) is 0 Å². The van der Waals surface area contributed by atoms with Crippen LogP contribution in [0.15, 0.2) is 0 Å². The first-order valence-electron chi connectivity index (χ1n) is 7.52. The minimum absolute atomic E-state index is 0.266. The van der Waals surface area contributed by atoms with Crippen LogP contribution in [0.3, 0.4) is 0 Å². The molecular formula is C14H22N4OS. The highest BCUT2D eigenvalue weighted by Gasteiger charge is 2.30. The van der Waals surface area contributed by atoms with Crippen molar-refractivity contribution in [1.82, 2.24) is 9.27 Å². The highest BCUT2D eigenvalue weighted by molar-refractivity contribution is 7.10. The number of piperidine rings is 1. The number of nitrogens with one attached hydrogen (secondary N) is 1. The number of nitrogens with two attached hydrogens (primary N) is 1. The zero-order chi connectivity index (χ0) is 13.9. The van der Waals surface area contributed by atoms with Gasteiger partial charge in [-0.2, -0.15) is 4.37 Å². The summed E-state index contributed by atoms with van der Waals surface area (Å²) in [5.74, 6) is 1.53. The molecule has 0 radical (unpaired) electrons. The largest absolute Gasteiger partial charge is 0.383 e. The Labute approximate surface area is 123 Å². The first kappa shape index (κ1) is 13.7. The first-order valence-corrected chi connectivity index (χ1v) is 8.29. The molecule has 1 amide bonds. The lowest BCUT2D eigenvalue weighted by Crippen LogP contribution is -2.36.